The molecule has 5 nitrogen and oxygen atoms in total. The Morgan fingerprint density at radius 1 is 1.42 bits per heavy atom. The summed E-state index contributed by atoms with van der Waals surface area (Å²) in [4.78, 5) is 6.88. The van der Waals surface area contributed by atoms with E-state index in [9.17, 15) is 0 Å². The van der Waals surface area contributed by atoms with Crippen LogP contribution in [0.1, 0.15) is 39.9 Å². The Morgan fingerprint density at radius 2 is 2.16 bits per heavy atom. The van der Waals surface area contributed by atoms with Crippen LogP contribution in [0.15, 0.2) is 6.33 Å². The molecule has 1 saturated heterocycles. The Labute approximate surface area is 116 Å². The Kier molecular flexibility index (Phi) is 4.26. The van der Waals surface area contributed by atoms with E-state index >= 15 is 0 Å². The summed E-state index contributed by atoms with van der Waals surface area (Å²) in [5, 5.41) is 7.85. The van der Waals surface area contributed by atoms with Gasteiger partial charge in [-0.05, 0) is 25.3 Å². The Bertz CT molecular complexity index is 406. The molecule has 2 heterocycles. The smallest absolute Gasteiger partial charge is 0.140 e. The Morgan fingerprint density at radius 3 is 2.74 bits per heavy atom. The molecule has 19 heavy (non-hydrogen) atoms. The predicted molar refractivity (Wildman–Crippen MR) is 76.7 cm³/mol. The van der Waals surface area contributed by atoms with E-state index in [0.29, 0.717) is 12.1 Å². The predicted octanol–water partition coefficient (Wildman–Crippen LogP) is 1.41. The van der Waals surface area contributed by atoms with E-state index < -0.39 is 0 Å². The first-order chi connectivity index (χ1) is 8.88. The van der Waals surface area contributed by atoms with E-state index in [1.807, 2.05) is 11.7 Å². The molecule has 1 aliphatic heterocycles. The highest BCUT2D eigenvalue weighted by atomic mass is 15.3. The second kappa shape index (κ2) is 5.59. The highest BCUT2D eigenvalue weighted by Crippen LogP contribution is 2.24. The fourth-order valence-electron chi connectivity index (χ4n) is 2.57. The second-order valence-corrected chi connectivity index (χ2v) is 6.74. The zero-order chi connectivity index (χ0) is 14.0. The van der Waals surface area contributed by atoms with E-state index in [1.165, 1.54) is 6.42 Å². The summed E-state index contributed by atoms with van der Waals surface area (Å²) in [5.74, 6) is 1.04. The highest BCUT2D eigenvalue weighted by Gasteiger charge is 2.30. The molecule has 2 rings (SSSR count). The monoisotopic (exact) mass is 265 g/mol. The highest BCUT2D eigenvalue weighted by molar-refractivity contribution is 4.91. The first-order valence-corrected chi connectivity index (χ1v) is 7.18. The van der Waals surface area contributed by atoms with Crippen LogP contribution in [0.25, 0.3) is 0 Å². The maximum Gasteiger partial charge on any atom is 0.140 e. The fourth-order valence-corrected chi connectivity index (χ4v) is 2.57. The van der Waals surface area contributed by atoms with Gasteiger partial charge in [-0.25, -0.2) is 4.98 Å². The number of hydrogen-bond donors (Lipinski definition) is 1. The van der Waals surface area contributed by atoms with E-state index in [0.717, 1.165) is 25.5 Å². The summed E-state index contributed by atoms with van der Waals surface area (Å²) in [5.41, 5.74) is 0.280. The van der Waals surface area contributed by atoms with E-state index in [4.69, 9.17) is 0 Å². The zero-order valence-corrected chi connectivity index (χ0v) is 12.8. The van der Waals surface area contributed by atoms with Crippen molar-refractivity contribution in [2.24, 2.45) is 12.5 Å². The fraction of sp³-hybridized carbons (Fsp3) is 0.857. The van der Waals surface area contributed by atoms with Crippen molar-refractivity contribution in [1.29, 1.82) is 0 Å². The van der Waals surface area contributed by atoms with Crippen molar-refractivity contribution in [1.82, 2.24) is 25.0 Å². The van der Waals surface area contributed by atoms with Gasteiger partial charge in [0.1, 0.15) is 12.2 Å². The lowest BCUT2D eigenvalue weighted by molar-refractivity contribution is 0.152. The summed E-state index contributed by atoms with van der Waals surface area (Å²) < 4.78 is 1.87. The van der Waals surface area contributed by atoms with Gasteiger partial charge < -0.3 is 5.32 Å². The summed E-state index contributed by atoms with van der Waals surface area (Å²) in [6.07, 6.45) is 2.82. The topological polar surface area (TPSA) is 46.0 Å². The lowest BCUT2D eigenvalue weighted by Gasteiger charge is -2.35. The van der Waals surface area contributed by atoms with Crippen molar-refractivity contribution in [3.05, 3.63) is 12.2 Å². The van der Waals surface area contributed by atoms with Gasteiger partial charge in [0.15, 0.2) is 0 Å². The molecule has 0 aliphatic carbocycles. The van der Waals surface area contributed by atoms with Gasteiger partial charge in [0, 0.05) is 25.7 Å². The van der Waals surface area contributed by atoms with Crippen molar-refractivity contribution in [2.45, 2.75) is 52.7 Å². The molecular formula is C14H27N5. The number of aryl methyl sites for hydroxylation is 1. The molecule has 1 aromatic rings. The van der Waals surface area contributed by atoms with Crippen LogP contribution in [-0.2, 0) is 13.6 Å². The molecule has 0 amide bonds. The Hall–Kier alpha value is -0.940. The number of rotatable bonds is 2. The van der Waals surface area contributed by atoms with Crippen molar-refractivity contribution in [2.75, 3.05) is 13.1 Å². The average Bonchev–Trinajstić information content (AvgIpc) is 2.60. The van der Waals surface area contributed by atoms with Gasteiger partial charge in [-0.2, -0.15) is 5.10 Å². The summed E-state index contributed by atoms with van der Waals surface area (Å²) in [7, 11) is 1.96. The van der Waals surface area contributed by atoms with Gasteiger partial charge >= 0.3 is 0 Å². The zero-order valence-electron chi connectivity index (χ0n) is 12.8. The van der Waals surface area contributed by atoms with Gasteiger partial charge in [-0.15, -0.1) is 0 Å². The molecule has 2 unspecified atom stereocenters. The third-order valence-electron chi connectivity index (χ3n) is 4.19. The summed E-state index contributed by atoms with van der Waals surface area (Å²) >= 11 is 0. The van der Waals surface area contributed by atoms with Crippen LogP contribution in [0.3, 0.4) is 0 Å². The van der Waals surface area contributed by atoms with Gasteiger partial charge in [-0.1, -0.05) is 20.8 Å². The number of aromatic nitrogens is 3. The first-order valence-electron chi connectivity index (χ1n) is 7.18. The lowest BCUT2D eigenvalue weighted by Crippen LogP contribution is -2.47. The molecule has 0 aromatic carbocycles. The van der Waals surface area contributed by atoms with E-state index in [2.05, 4.69) is 48.0 Å². The van der Waals surface area contributed by atoms with Crippen LogP contribution in [-0.4, -0.2) is 44.8 Å². The number of nitrogens with zero attached hydrogens (tertiary/aromatic N) is 4. The van der Waals surface area contributed by atoms with Crippen molar-refractivity contribution >= 4 is 0 Å². The molecule has 1 N–H and O–H groups in total. The Balaban J connectivity index is 2.10. The van der Waals surface area contributed by atoms with Crippen LogP contribution in [0.2, 0.25) is 0 Å². The maximum atomic E-state index is 4.35. The molecule has 0 bridgehead atoms. The first kappa shape index (κ1) is 14.5. The largest absolute Gasteiger partial charge is 0.312 e. The van der Waals surface area contributed by atoms with Crippen molar-refractivity contribution in [3.8, 4) is 0 Å². The van der Waals surface area contributed by atoms with Gasteiger partial charge in [-0.3, -0.25) is 9.58 Å². The van der Waals surface area contributed by atoms with E-state index in [1.54, 1.807) is 6.33 Å². The number of nitrogens with one attached hydrogen (secondary N) is 1. The molecule has 1 fully saturated rings. The molecule has 108 valence electrons. The molecule has 0 spiro atoms. The average molecular weight is 265 g/mol. The normalized spacial score (nSPS) is 26.4. The van der Waals surface area contributed by atoms with Crippen molar-refractivity contribution in [3.63, 3.8) is 0 Å². The minimum absolute atomic E-state index is 0.280. The van der Waals surface area contributed by atoms with Crippen LogP contribution >= 0.6 is 0 Å². The quantitative estimate of drug-likeness (QED) is 0.878. The molecule has 0 radical (unpaired) electrons. The van der Waals surface area contributed by atoms with Crippen LogP contribution < -0.4 is 5.32 Å². The summed E-state index contributed by atoms with van der Waals surface area (Å²) in [6, 6.07) is 1.10. The van der Waals surface area contributed by atoms with Crippen molar-refractivity contribution < 1.29 is 0 Å². The molecular weight excluding hydrogens is 238 g/mol. The SMILES string of the molecule is CC1CCNC(C(C)(C)C)CN1Cc1ncnn1C. The van der Waals surface area contributed by atoms with Gasteiger partial charge in [0.25, 0.3) is 0 Å². The third kappa shape index (κ3) is 3.54. The second-order valence-electron chi connectivity index (χ2n) is 6.74. The minimum Gasteiger partial charge on any atom is -0.312 e. The molecule has 0 saturated carbocycles. The van der Waals surface area contributed by atoms with Crippen LogP contribution in [0.4, 0.5) is 0 Å². The molecule has 1 aromatic heterocycles. The summed E-state index contributed by atoms with van der Waals surface area (Å²) in [6.45, 7) is 12.3. The van der Waals surface area contributed by atoms with Crippen LogP contribution in [0, 0.1) is 5.41 Å². The maximum absolute atomic E-state index is 4.35. The molecule has 2 atom stereocenters. The minimum atomic E-state index is 0.280. The standard InChI is InChI=1S/C14H27N5/c1-11-6-7-15-12(14(2,3)4)8-19(11)9-13-16-10-17-18(13)5/h10-12,15H,6-9H2,1-5H3. The number of hydrogen-bond acceptors (Lipinski definition) is 4. The third-order valence-corrected chi connectivity index (χ3v) is 4.19. The molecule has 1 aliphatic rings. The van der Waals surface area contributed by atoms with E-state index in [-0.39, 0.29) is 5.41 Å². The van der Waals surface area contributed by atoms with Crippen LogP contribution in [0.5, 0.6) is 0 Å². The molecule has 5 heteroatoms. The lowest BCUT2D eigenvalue weighted by atomic mass is 9.86. The van der Waals surface area contributed by atoms with Gasteiger partial charge in [0.2, 0.25) is 0 Å². The van der Waals surface area contributed by atoms with Gasteiger partial charge in [0.05, 0.1) is 6.54 Å².